The largest absolute Gasteiger partial charge is 0.497 e. The van der Waals surface area contributed by atoms with Gasteiger partial charge >= 0.3 is 5.69 Å². The summed E-state index contributed by atoms with van der Waals surface area (Å²) in [5, 5.41) is 10.7. The smallest absolute Gasteiger partial charge is 0.392 e. The minimum atomic E-state index is 0.574. The van der Waals surface area contributed by atoms with E-state index in [1.54, 1.807) is 13.2 Å². The second-order valence-electron chi connectivity index (χ2n) is 2.96. The van der Waals surface area contributed by atoms with E-state index in [9.17, 15) is 0 Å². The van der Waals surface area contributed by atoms with Crippen LogP contribution in [0.15, 0.2) is 36.4 Å². The molecule has 3 heteroatoms. The van der Waals surface area contributed by atoms with Crippen LogP contribution in [0.5, 0.6) is 5.75 Å². The summed E-state index contributed by atoms with van der Waals surface area (Å²) in [6.07, 6.45) is 0. The molecule has 0 aromatic heterocycles. The van der Waals surface area contributed by atoms with Crippen LogP contribution in [0, 0.1) is 5.39 Å². The number of diazo groups is 1. The molecule has 2 aromatic rings. The summed E-state index contributed by atoms with van der Waals surface area (Å²) in [7, 11) is 1.63. The van der Waals surface area contributed by atoms with Crippen LogP contribution in [0.2, 0.25) is 0 Å². The summed E-state index contributed by atoms with van der Waals surface area (Å²) >= 11 is 0. The van der Waals surface area contributed by atoms with Gasteiger partial charge in [0.25, 0.3) is 0 Å². The number of rotatable bonds is 1. The molecule has 68 valence electrons. The Morgan fingerprint density at radius 2 is 2.07 bits per heavy atom. The zero-order valence-electron chi connectivity index (χ0n) is 7.77. The quantitative estimate of drug-likeness (QED) is 0.639. The maximum Gasteiger partial charge on any atom is 0.392 e. The first-order chi connectivity index (χ1) is 6.85. The number of hydrogen-bond acceptors (Lipinski definition) is 2. The number of ether oxygens (including phenoxy) is 1. The van der Waals surface area contributed by atoms with Crippen molar-refractivity contribution in [3.8, 4) is 5.75 Å². The molecule has 0 amide bonds. The van der Waals surface area contributed by atoms with Gasteiger partial charge in [-0.15, -0.1) is 0 Å². The summed E-state index contributed by atoms with van der Waals surface area (Å²) in [6.45, 7) is 0. The van der Waals surface area contributed by atoms with Gasteiger partial charge in [0.15, 0.2) is 4.98 Å². The number of benzene rings is 2. The molecule has 0 aliphatic heterocycles. The summed E-state index contributed by atoms with van der Waals surface area (Å²) < 4.78 is 5.10. The molecule has 0 atom stereocenters. The Labute approximate surface area is 81.6 Å². The molecule has 0 spiro atoms. The molecular formula is C11H9N2O+. The molecule has 2 rings (SSSR count). The third kappa shape index (κ3) is 1.27. The molecule has 0 fully saturated rings. The van der Waals surface area contributed by atoms with Crippen molar-refractivity contribution in [1.29, 1.82) is 5.39 Å². The lowest BCUT2D eigenvalue weighted by molar-refractivity contribution is 0.415. The Kier molecular flexibility index (Phi) is 2.04. The van der Waals surface area contributed by atoms with E-state index < -0.39 is 0 Å². The third-order valence-electron chi connectivity index (χ3n) is 2.17. The molecule has 0 N–H and O–H groups in total. The molecule has 0 radical (unpaired) electrons. The van der Waals surface area contributed by atoms with Crippen molar-refractivity contribution >= 4 is 16.5 Å². The highest BCUT2D eigenvalue weighted by Crippen LogP contribution is 2.28. The topological polar surface area (TPSA) is 37.4 Å². The van der Waals surface area contributed by atoms with Gasteiger partial charge in [-0.1, -0.05) is 12.1 Å². The number of hydrogen-bond donors (Lipinski definition) is 0. The molecule has 0 aliphatic rings. The van der Waals surface area contributed by atoms with Crippen LogP contribution in [0.4, 0.5) is 5.69 Å². The standard InChI is InChI=1S/C11H9N2O/c1-14-9-5-6-10-8(7-9)3-2-4-11(10)13-12/h2-7H,1H3/q+1. The van der Waals surface area contributed by atoms with Crippen molar-refractivity contribution in [3.05, 3.63) is 41.4 Å². The van der Waals surface area contributed by atoms with Crippen LogP contribution in [0.1, 0.15) is 0 Å². The molecule has 0 heterocycles. The Morgan fingerprint density at radius 1 is 1.21 bits per heavy atom. The van der Waals surface area contributed by atoms with Crippen LogP contribution >= 0.6 is 0 Å². The van der Waals surface area contributed by atoms with E-state index in [2.05, 4.69) is 4.98 Å². The van der Waals surface area contributed by atoms with Gasteiger partial charge < -0.3 is 4.74 Å². The van der Waals surface area contributed by atoms with Gasteiger partial charge in [0, 0.05) is 6.07 Å². The fourth-order valence-corrected chi connectivity index (χ4v) is 1.46. The molecular weight excluding hydrogens is 176 g/mol. The molecule has 0 bridgehead atoms. The summed E-state index contributed by atoms with van der Waals surface area (Å²) in [6, 6.07) is 11.2. The van der Waals surface area contributed by atoms with E-state index in [4.69, 9.17) is 10.1 Å². The van der Waals surface area contributed by atoms with Crippen molar-refractivity contribution in [3.63, 3.8) is 0 Å². The number of fused-ring (bicyclic) bond motifs is 1. The van der Waals surface area contributed by atoms with Gasteiger partial charge in [0.05, 0.1) is 12.5 Å². The number of methoxy groups -OCH3 is 1. The minimum absolute atomic E-state index is 0.574. The van der Waals surface area contributed by atoms with E-state index >= 15 is 0 Å². The zero-order valence-corrected chi connectivity index (χ0v) is 7.77. The minimum Gasteiger partial charge on any atom is -0.497 e. The molecule has 14 heavy (non-hydrogen) atoms. The molecule has 0 unspecified atom stereocenters. The van der Waals surface area contributed by atoms with E-state index in [1.165, 1.54) is 0 Å². The van der Waals surface area contributed by atoms with Crippen LogP contribution in [-0.2, 0) is 0 Å². The average molecular weight is 185 g/mol. The first-order valence-corrected chi connectivity index (χ1v) is 4.27. The Morgan fingerprint density at radius 3 is 2.79 bits per heavy atom. The predicted octanol–water partition coefficient (Wildman–Crippen LogP) is 3.33. The van der Waals surface area contributed by atoms with E-state index in [0.717, 1.165) is 16.5 Å². The molecule has 2 aromatic carbocycles. The highest BCUT2D eigenvalue weighted by atomic mass is 16.5. The summed E-state index contributed by atoms with van der Waals surface area (Å²) in [4.78, 5) is 3.21. The molecule has 3 nitrogen and oxygen atoms in total. The molecule has 0 saturated heterocycles. The van der Waals surface area contributed by atoms with E-state index in [0.29, 0.717) is 5.69 Å². The van der Waals surface area contributed by atoms with E-state index in [1.807, 2.05) is 30.3 Å². The van der Waals surface area contributed by atoms with Gasteiger partial charge in [-0.2, -0.15) is 0 Å². The lowest BCUT2D eigenvalue weighted by atomic mass is 10.1. The van der Waals surface area contributed by atoms with E-state index in [-0.39, 0.29) is 0 Å². The monoisotopic (exact) mass is 185 g/mol. The van der Waals surface area contributed by atoms with Gasteiger partial charge in [0.2, 0.25) is 5.39 Å². The van der Waals surface area contributed by atoms with Crippen molar-refractivity contribution < 1.29 is 4.74 Å². The fraction of sp³-hybridized carbons (Fsp3) is 0.0909. The summed E-state index contributed by atoms with van der Waals surface area (Å²) in [5.41, 5.74) is 0.574. The van der Waals surface area contributed by atoms with Gasteiger partial charge in [0.1, 0.15) is 5.75 Å². The van der Waals surface area contributed by atoms with Crippen molar-refractivity contribution in [1.82, 2.24) is 0 Å². The average Bonchev–Trinajstić information content (AvgIpc) is 2.27. The molecule has 0 aliphatic carbocycles. The SMILES string of the molecule is COc1ccc2c([N+]#N)cccc2c1. The molecule has 0 saturated carbocycles. The van der Waals surface area contributed by atoms with Crippen LogP contribution in [0.25, 0.3) is 15.7 Å². The maximum atomic E-state index is 8.76. The Hall–Kier alpha value is -2.08. The normalized spacial score (nSPS) is 9.71. The highest BCUT2D eigenvalue weighted by Gasteiger charge is 2.10. The van der Waals surface area contributed by atoms with Crippen LogP contribution < -0.4 is 4.74 Å². The first-order valence-electron chi connectivity index (χ1n) is 4.27. The highest BCUT2D eigenvalue weighted by molar-refractivity contribution is 5.94. The van der Waals surface area contributed by atoms with Crippen LogP contribution in [-0.4, -0.2) is 7.11 Å². The lowest BCUT2D eigenvalue weighted by Crippen LogP contribution is -1.81. The van der Waals surface area contributed by atoms with Gasteiger partial charge in [-0.3, -0.25) is 0 Å². The van der Waals surface area contributed by atoms with Crippen LogP contribution in [0.3, 0.4) is 0 Å². The van der Waals surface area contributed by atoms with Crippen molar-refractivity contribution in [2.24, 2.45) is 0 Å². The second kappa shape index (κ2) is 3.35. The predicted molar refractivity (Wildman–Crippen MR) is 55.2 cm³/mol. The van der Waals surface area contributed by atoms with Crippen molar-refractivity contribution in [2.75, 3.05) is 7.11 Å². The summed E-state index contributed by atoms with van der Waals surface area (Å²) in [5.74, 6) is 0.799. The third-order valence-corrected chi connectivity index (χ3v) is 2.17. The maximum absolute atomic E-state index is 8.76. The van der Waals surface area contributed by atoms with Gasteiger partial charge in [-0.25, -0.2) is 0 Å². The lowest BCUT2D eigenvalue weighted by Gasteiger charge is -1.99. The zero-order chi connectivity index (χ0) is 9.97. The van der Waals surface area contributed by atoms with Crippen molar-refractivity contribution in [2.45, 2.75) is 0 Å². The number of nitrogens with zero attached hydrogens (tertiary/aromatic N) is 2. The Bertz CT molecular complexity index is 514. The van der Waals surface area contributed by atoms with Gasteiger partial charge in [-0.05, 0) is 23.6 Å². The fourth-order valence-electron chi connectivity index (χ4n) is 1.46. The first kappa shape index (κ1) is 8.52. The Balaban J connectivity index is 2.75. The second-order valence-corrected chi connectivity index (χ2v) is 2.96.